The van der Waals surface area contributed by atoms with E-state index in [-0.39, 0.29) is 5.56 Å². The van der Waals surface area contributed by atoms with Gasteiger partial charge in [0.1, 0.15) is 16.4 Å². The van der Waals surface area contributed by atoms with Gasteiger partial charge in [0, 0.05) is 17.2 Å². The molecule has 0 spiro atoms. The summed E-state index contributed by atoms with van der Waals surface area (Å²) in [5.74, 6) is 1.24. The van der Waals surface area contributed by atoms with Crippen LogP contribution in [0.25, 0.3) is 21.5 Å². The summed E-state index contributed by atoms with van der Waals surface area (Å²) in [6.07, 6.45) is 3.16. The molecular weight excluding hydrogens is 262 g/mol. The highest BCUT2D eigenvalue weighted by Gasteiger charge is 2.16. The number of aromatic nitrogens is 2. The number of hydrogen-bond acceptors (Lipinski definition) is 5. The van der Waals surface area contributed by atoms with Crippen LogP contribution in [0.4, 0.5) is 0 Å². The smallest absolute Gasteiger partial charge is 0.283 e. The van der Waals surface area contributed by atoms with Crippen molar-refractivity contribution in [3.63, 3.8) is 0 Å². The summed E-state index contributed by atoms with van der Waals surface area (Å²) in [6, 6.07) is 3.62. The molecule has 0 saturated heterocycles. The van der Waals surface area contributed by atoms with Crippen LogP contribution >= 0.6 is 11.3 Å². The third kappa shape index (κ3) is 1.80. The van der Waals surface area contributed by atoms with Gasteiger partial charge in [-0.25, -0.2) is 4.98 Å². The van der Waals surface area contributed by atoms with Gasteiger partial charge in [0.05, 0.1) is 11.6 Å². The Morgan fingerprint density at radius 2 is 2.37 bits per heavy atom. The molecule has 0 fully saturated rings. The summed E-state index contributed by atoms with van der Waals surface area (Å²) < 4.78 is 6.67. The molecule has 0 aliphatic rings. The second kappa shape index (κ2) is 4.47. The Morgan fingerprint density at radius 1 is 1.53 bits per heavy atom. The molecule has 3 aromatic heterocycles. The number of aryl methyl sites for hydroxylation is 1. The fourth-order valence-electron chi connectivity index (χ4n) is 1.95. The first kappa shape index (κ1) is 11.9. The van der Waals surface area contributed by atoms with Crippen LogP contribution in [0.1, 0.15) is 12.7 Å². The van der Waals surface area contributed by atoms with Crippen LogP contribution in [-0.4, -0.2) is 15.9 Å². The van der Waals surface area contributed by atoms with Gasteiger partial charge in [0.25, 0.3) is 5.56 Å². The number of fused-ring (bicyclic) bond motifs is 1. The Morgan fingerprint density at radius 3 is 3.05 bits per heavy atom. The summed E-state index contributed by atoms with van der Waals surface area (Å²) in [7, 11) is 0. The third-order valence-electron chi connectivity index (χ3n) is 2.77. The lowest BCUT2D eigenvalue weighted by Gasteiger charge is -2.03. The Labute approximate surface area is 112 Å². The van der Waals surface area contributed by atoms with Gasteiger partial charge in [0.2, 0.25) is 0 Å². The van der Waals surface area contributed by atoms with Gasteiger partial charge in [-0.15, -0.1) is 11.3 Å². The van der Waals surface area contributed by atoms with E-state index in [1.807, 2.05) is 11.4 Å². The molecule has 0 saturated carbocycles. The quantitative estimate of drug-likeness (QED) is 0.674. The lowest BCUT2D eigenvalue weighted by molar-refractivity contribution is 0.583. The average Bonchev–Trinajstić information content (AvgIpc) is 3.02. The van der Waals surface area contributed by atoms with Crippen molar-refractivity contribution in [3.8, 4) is 11.3 Å². The molecule has 0 bridgehead atoms. The molecule has 96 valence electrons. The van der Waals surface area contributed by atoms with Crippen molar-refractivity contribution in [3.05, 3.63) is 40.0 Å². The first-order chi connectivity index (χ1) is 9.22. The number of thiophene rings is 1. The molecule has 6 heteroatoms. The molecule has 0 aliphatic carbocycles. The molecule has 0 N–H and O–H groups in total. The van der Waals surface area contributed by atoms with Crippen LogP contribution in [0.5, 0.6) is 0 Å². The fourth-order valence-corrected chi connectivity index (χ4v) is 2.91. The molecule has 0 atom stereocenters. The fraction of sp³-hybridized carbons (Fsp3) is 0.154. The Balaban J connectivity index is 2.40. The van der Waals surface area contributed by atoms with Gasteiger partial charge in [-0.2, -0.15) is 9.78 Å². The van der Waals surface area contributed by atoms with Crippen LogP contribution in [0.2, 0.25) is 0 Å². The summed E-state index contributed by atoms with van der Waals surface area (Å²) in [5.41, 5.74) is 0.593. The van der Waals surface area contributed by atoms with E-state index in [1.54, 1.807) is 32.4 Å². The monoisotopic (exact) mass is 273 g/mol. The maximum Gasteiger partial charge on any atom is 0.283 e. The molecule has 3 heterocycles. The lowest BCUT2D eigenvalue weighted by atomic mass is 10.2. The lowest BCUT2D eigenvalue weighted by Crippen LogP contribution is -2.20. The SMILES string of the molecule is C/C=N/n1c(C)nc2scc(-c3ccco3)c2c1=O. The van der Waals surface area contributed by atoms with Crippen LogP contribution in [0, 0.1) is 6.92 Å². The van der Waals surface area contributed by atoms with Crippen molar-refractivity contribution in [1.29, 1.82) is 0 Å². The van der Waals surface area contributed by atoms with Gasteiger partial charge >= 0.3 is 0 Å². The molecular formula is C13H11N3O2S. The zero-order valence-electron chi connectivity index (χ0n) is 10.5. The van der Waals surface area contributed by atoms with Crippen molar-refractivity contribution in [1.82, 2.24) is 9.66 Å². The third-order valence-corrected chi connectivity index (χ3v) is 3.64. The van der Waals surface area contributed by atoms with E-state index in [9.17, 15) is 4.79 Å². The molecule has 5 nitrogen and oxygen atoms in total. The Bertz CT molecular complexity index is 812. The summed E-state index contributed by atoms with van der Waals surface area (Å²) in [5, 5.41) is 6.49. The van der Waals surface area contributed by atoms with Gasteiger partial charge in [-0.3, -0.25) is 4.79 Å². The molecule has 3 rings (SSSR count). The van der Waals surface area contributed by atoms with Crippen molar-refractivity contribution >= 4 is 27.8 Å². The second-order valence-corrected chi connectivity index (χ2v) is 4.81. The van der Waals surface area contributed by atoms with Crippen molar-refractivity contribution in [2.45, 2.75) is 13.8 Å². The number of rotatable bonds is 2. The number of hydrogen-bond donors (Lipinski definition) is 0. The normalized spacial score (nSPS) is 11.7. The van der Waals surface area contributed by atoms with Crippen molar-refractivity contribution < 1.29 is 4.42 Å². The maximum atomic E-state index is 12.5. The van der Waals surface area contributed by atoms with Gasteiger partial charge in [-0.05, 0) is 26.0 Å². The van der Waals surface area contributed by atoms with Crippen LogP contribution in [0.3, 0.4) is 0 Å². The van der Waals surface area contributed by atoms with Crippen molar-refractivity contribution in [2.75, 3.05) is 0 Å². The van der Waals surface area contributed by atoms with E-state index in [2.05, 4.69) is 10.1 Å². The van der Waals surface area contributed by atoms with E-state index < -0.39 is 0 Å². The van der Waals surface area contributed by atoms with Crippen molar-refractivity contribution in [2.24, 2.45) is 5.10 Å². The molecule has 3 aromatic rings. The molecule has 0 radical (unpaired) electrons. The molecule has 0 unspecified atom stereocenters. The van der Waals surface area contributed by atoms with E-state index in [4.69, 9.17) is 4.42 Å². The van der Waals surface area contributed by atoms with E-state index in [0.29, 0.717) is 21.8 Å². The summed E-state index contributed by atoms with van der Waals surface area (Å²) in [6.45, 7) is 3.53. The predicted octanol–water partition coefficient (Wildman–Crippen LogP) is 2.88. The number of furan rings is 1. The molecule has 0 aliphatic heterocycles. The maximum absolute atomic E-state index is 12.5. The first-order valence-corrected chi connectivity index (χ1v) is 6.64. The van der Waals surface area contributed by atoms with Gasteiger partial charge < -0.3 is 4.42 Å². The molecule has 19 heavy (non-hydrogen) atoms. The molecule has 0 aromatic carbocycles. The van der Waals surface area contributed by atoms with Gasteiger partial charge in [0.15, 0.2) is 0 Å². The zero-order chi connectivity index (χ0) is 13.4. The van der Waals surface area contributed by atoms with Crippen LogP contribution < -0.4 is 5.56 Å². The standard InChI is InChI=1S/C13H11N3O2S/c1-3-14-16-8(2)15-12-11(13(16)17)9(7-19-12)10-5-4-6-18-10/h3-7H,1-2H3/b14-3+. The predicted molar refractivity (Wildman–Crippen MR) is 75.9 cm³/mol. The van der Waals surface area contributed by atoms with E-state index in [1.165, 1.54) is 16.0 Å². The first-order valence-electron chi connectivity index (χ1n) is 5.76. The highest BCUT2D eigenvalue weighted by atomic mass is 32.1. The Kier molecular flexibility index (Phi) is 2.79. The zero-order valence-corrected chi connectivity index (χ0v) is 11.3. The largest absolute Gasteiger partial charge is 0.464 e. The minimum Gasteiger partial charge on any atom is -0.464 e. The highest BCUT2D eigenvalue weighted by molar-refractivity contribution is 7.17. The average molecular weight is 273 g/mol. The van der Waals surface area contributed by atoms with Crippen LogP contribution in [0.15, 0.2) is 38.1 Å². The number of nitrogens with zero attached hydrogens (tertiary/aromatic N) is 3. The van der Waals surface area contributed by atoms with E-state index in [0.717, 1.165) is 5.56 Å². The Hall–Kier alpha value is -2.21. The topological polar surface area (TPSA) is 60.4 Å². The minimum atomic E-state index is -0.173. The highest BCUT2D eigenvalue weighted by Crippen LogP contribution is 2.31. The minimum absolute atomic E-state index is 0.173. The summed E-state index contributed by atoms with van der Waals surface area (Å²) in [4.78, 5) is 17.6. The van der Waals surface area contributed by atoms with E-state index >= 15 is 0 Å². The van der Waals surface area contributed by atoms with Gasteiger partial charge in [-0.1, -0.05) is 0 Å². The second-order valence-electron chi connectivity index (χ2n) is 3.96. The summed E-state index contributed by atoms with van der Waals surface area (Å²) >= 11 is 1.43. The van der Waals surface area contributed by atoms with Crippen LogP contribution in [-0.2, 0) is 0 Å². The molecule has 0 amide bonds.